The number of amides is 1. The van der Waals surface area contributed by atoms with Gasteiger partial charge in [0.15, 0.2) is 6.61 Å². The average molecular weight is 415 g/mol. The highest BCUT2D eigenvalue weighted by Gasteiger charge is 2.14. The Labute approximate surface area is 140 Å². The first-order valence-electron chi connectivity index (χ1n) is 6.25. The lowest BCUT2D eigenvalue weighted by atomic mass is 10.2. The highest BCUT2D eigenvalue weighted by molar-refractivity contribution is 14.1. The fourth-order valence-electron chi connectivity index (χ4n) is 1.63. The van der Waals surface area contributed by atoms with Crippen molar-refractivity contribution in [1.29, 1.82) is 0 Å². The van der Waals surface area contributed by atoms with Crippen molar-refractivity contribution in [2.75, 3.05) is 13.7 Å². The van der Waals surface area contributed by atoms with E-state index in [1.54, 1.807) is 35.4 Å². The second kappa shape index (κ2) is 7.56. The number of carbonyl (C=O) groups is 2. The minimum atomic E-state index is -0.482. The van der Waals surface area contributed by atoms with E-state index in [2.05, 4.69) is 22.6 Å². The van der Waals surface area contributed by atoms with Gasteiger partial charge in [0, 0.05) is 15.5 Å². The van der Waals surface area contributed by atoms with Gasteiger partial charge in [-0.15, -0.1) is 11.3 Å². The molecule has 110 valence electrons. The summed E-state index contributed by atoms with van der Waals surface area (Å²) in [6.07, 6.45) is 0. The molecule has 1 amide bonds. The molecule has 6 heteroatoms. The largest absolute Gasteiger partial charge is 0.452 e. The lowest BCUT2D eigenvalue weighted by Gasteiger charge is -2.16. The van der Waals surface area contributed by atoms with E-state index in [0.717, 1.165) is 8.45 Å². The zero-order chi connectivity index (χ0) is 15.2. The molecule has 0 unspecified atom stereocenters. The molecule has 1 aromatic heterocycles. The van der Waals surface area contributed by atoms with E-state index in [0.29, 0.717) is 12.1 Å². The topological polar surface area (TPSA) is 46.6 Å². The van der Waals surface area contributed by atoms with Gasteiger partial charge < -0.3 is 9.64 Å². The molecular formula is C15H14INO3S. The molecule has 0 bridgehead atoms. The molecule has 2 rings (SSSR count). The van der Waals surface area contributed by atoms with Crippen LogP contribution in [0.15, 0.2) is 41.8 Å². The Morgan fingerprint density at radius 1 is 1.24 bits per heavy atom. The normalized spacial score (nSPS) is 10.2. The summed E-state index contributed by atoms with van der Waals surface area (Å²) < 4.78 is 6.08. The fraction of sp³-hybridized carbons (Fsp3) is 0.200. The zero-order valence-corrected chi connectivity index (χ0v) is 14.4. The quantitative estimate of drug-likeness (QED) is 0.557. The molecule has 0 N–H and O–H groups in total. The van der Waals surface area contributed by atoms with Crippen molar-refractivity contribution < 1.29 is 14.3 Å². The maximum absolute atomic E-state index is 11.9. The smallest absolute Gasteiger partial charge is 0.338 e. The van der Waals surface area contributed by atoms with Crippen molar-refractivity contribution in [3.63, 3.8) is 0 Å². The first kappa shape index (κ1) is 16.0. The Hall–Kier alpha value is -1.41. The summed E-state index contributed by atoms with van der Waals surface area (Å²) in [6, 6.07) is 10.9. The molecule has 0 radical (unpaired) electrons. The molecule has 1 heterocycles. The molecule has 0 aliphatic carbocycles. The Balaban J connectivity index is 1.83. The van der Waals surface area contributed by atoms with Crippen molar-refractivity contribution in [2.24, 2.45) is 0 Å². The van der Waals surface area contributed by atoms with E-state index in [9.17, 15) is 9.59 Å². The summed E-state index contributed by atoms with van der Waals surface area (Å²) in [7, 11) is 1.70. The first-order valence-corrected chi connectivity index (χ1v) is 8.21. The number of benzene rings is 1. The van der Waals surface area contributed by atoms with Crippen molar-refractivity contribution in [3.8, 4) is 0 Å². The molecule has 0 saturated carbocycles. The van der Waals surface area contributed by atoms with Gasteiger partial charge in [-0.1, -0.05) is 6.07 Å². The zero-order valence-electron chi connectivity index (χ0n) is 11.4. The number of nitrogens with zero attached hydrogens (tertiary/aromatic N) is 1. The standard InChI is InChI=1S/C15H14INO3S/c1-17(9-13-3-2-8-21-13)14(18)10-20-15(19)11-4-6-12(16)7-5-11/h2-8H,9-10H2,1H3. The van der Waals surface area contributed by atoms with Crippen LogP contribution in [0.2, 0.25) is 0 Å². The molecule has 0 saturated heterocycles. The van der Waals surface area contributed by atoms with Gasteiger partial charge in [-0.2, -0.15) is 0 Å². The van der Waals surface area contributed by atoms with Crippen LogP contribution < -0.4 is 0 Å². The SMILES string of the molecule is CN(Cc1cccs1)C(=O)COC(=O)c1ccc(I)cc1. The summed E-state index contributed by atoms with van der Waals surface area (Å²) in [5.41, 5.74) is 0.448. The molecule has 1 aromatic carbocycles. The number of carbonyl (C=O) groups excluding carboxylic acids is 2. The predicted octanol–water partition coefficient (Wildman–Crippen LogP) is 3.17. The molecule has 0 spiro atoms. The number of halogens is 1. The number of esters is 1. The van der Waals surface area contributed by atoms with Crippen molar-refractivity contribution in [3.05, 3.63) is 55.8 Å². The predicted molar refractivity (Wildman–Crippen MR) is 90.2 cm³/mol. The van der Waals surface area contributed by atoms with E-state index < -0.39 is 5.97 Å². The lowest BCUT2D eigenvalue weighted by molar-refractivity contribution is -0.133. The third-order valence-corrected chi connectivity index (χ3v) is 4.39. The Morgan fingerprint density at radius 3 is 2.57 bits per heavy atom. The van der Waals surface area contributed by atoms with E-state index in [4.69, 9.17) is 4.74 Å². The molecule has 0 fully saturated rings. The Bertz CT molecular complexity index is 610. The summed E-state index contributed by atoms with van der Waals surface area (Å²) in [5, 5.41) is 1.96. The van der Waals surface area contributed by atoms with Crippen LogP contribution in [0.3, 0.4) is 0 Å². The van der Waals surface area contributed by atoms with Crippen LogP contribution in [0, 0.1) is 3.57 Å². The number of hydrogen-bond acceptors (Lipinski definition) is 4. The molecule has 0 atom stereocenters. The second-order valence-electron chi connectivity index (χ2n) is 4.41. The van der Waals surface area contributed by atoms with E-state index in [1.807, 2.05) is 29.6 Å². The third kappa shape index (κ3) is 4.82. The van der Waals surface area contributed by atoms with Gasteiger partial charge in [0.1, 0.15) is 0 Å². The van der Waals surface area contributed by atoms with E-state index in [-0.39, 0.29) is 12.5 Å². The van der Waals surface area contributed by atoms with Gasteiger partial charge in [0.2, 0.25) is 0 Å². The first-order chi connectivity index (χ1) is 10.1. The van der Waals surface area contributed by atoms with Crippen LogP contribution in [0.25, 0.3) is 0 Å². The lowest BCUT2D eigenvalue weighted by Crippen LogP contribution is -2.30. The number of likely N-dealkylation sites (N-methyl/N-ethyl adjacent to an activating group) is 1. The minimum Gasteiger partial charge on any atom is -0.452 e. The number of rotatable bonds is 5. The van der Waals surface area contributed by atoms with Gasteiger partial charge in [-0.3, -0.25) is 4.79 Å². The molecule has 0 aliphatic heterocycles. The van der Waals surface area contributed by atoms with E-state index in [1.165, 1.54) is 0 Å². The molecule has 21 heavy (non-hydrogen) atoms. The molecule has 4 nitrogen and oxygen atoms in total. The number of ether oxygens (including phenoxy) is 1. The molecule has 2 aromatic rings. The number of thiophene rings is 1. The molecular weight excluding hydrogens is 401 g/mol. The minimum absolute atomic E-state index is 0.220. The summed E-state index contributed by atoms with van der Waals surface area (Å²) in [4.78, 5) is 26.4. The molecule has 0 aliphatic rings. The Morgan fingerprint density at radius 2 is 1.95 bits per heavy atom. The highest BCUT2D eigenvalue weighted by Crippen LogP contribution is 2.11. The van der Waals surface area contributed by atoms with Crippen LogP contribution in [-0.4, -0.2) is 30.4 Å². The van der Waals surface area contributed by atoms with Gasteiger partial charge in [0.05, 0.1) is 12.1 Å². The van der Waals surface area contributed by atoms with Crippen LogP contribution in [-0.2, 0) is 16.1 Å². The van der Waals surface area contributed by atoms with Crippen molar-refractivity contribution >= 4 is 45.8 Å². The summed E-state index contributed by atoms with van der Waals surface area (Å²) >= 11 is 3.75. The van der Waals surface area contributed by atoms with Crippen molar-refractivity contribution in [2.45, 2.75) is 6.54 Å². The fourth-order valence-corrected chi connectivity index (χ4v) is 2.75. The summed E-state index contributed by atoms with van der Waals surface area (Å²) in [6.45, 7) is 0.282. The van der Waals surface area contributed by atoms with Gasteiger partial charge >= 0.3 is 5.97 Å². The van der Waals surface area contributed by atoms with Crippen LogP contribution in [0.5, 0.6) is 0 Å². The maximum atomic E-state index is 11.9. The highest BCUT2D eigenvalue weighted by atomic mass is 127. The third-order valence-electron chi connectivity index (χ3n) is 2.81. The van der Waals surface area contributed by atoms with Crippen LogP contribution in [0.4, 0.5) is 0 Å². The van der Waals surface area contributed by atoms with Gasteiger partial charge in [0.25, 0.3) is 5.91 Å². The van der Waals surface area contributed by atoms with Gasteiger partial charge in [-0.05, 0) is 58.3 Å². The second-order valence-corrected chi connectivity index (χ2v) is 6.69. The Kier molecular flexibility index (Phi) is 5.75. The summed E-state index contributed by atoms with van der Waals surface area (Å²) in [5.74, 6) is -0.702. The van der Waals surface area contributed by atoms with Gasteiger partial charge in [-0.25, -0.2) is 4.79 Å². The maximum Gasteiger partial charge on any atom is 0.338 e. The average Bonchev–Trinajstić information content (AvgIpc) is 2.98. The number of hydrogen-bond donors (Lipinski definition) is 0. The monoisotopic (exact) mass is 415 g/mol. The van der Waals surface area contributed by atoms with Crippen molar-refractivity contribution in [1.82, 2.24) is 4.90 Å². The van der Waals surface area contributed by atoms with E-state index >= 15 is 0 Å². The van der Waals surface area contributed by atoms with Crippen LogP contribution in [0.1, 0.15) is 15.2 Å². The van der Waals surface area contributed by atoms with Crippen LogP contribution >= 0.6 is 33.9 Å².